The van der Waals surface area contributed by atoms with Gasteiger partial charge in [0.15, 0.2) is 0 Å². The highest BCUT2D eigenvalue weighted by molar-refractivity contribution is 4.98. The second-order valence-corrected chi connectivity index (χ2v) is 5.02. The number of hydrogen-bond donors (Lipinski definition) is 0. The van der Waals surface area contributed by atoms with Gasteiger partial charge in [-0.15, -0.1) is 0 Å². The average molecular weight is 154 g/mol. The van der Waals surface area contributed by atoms with Crippen LogP contribution < -0.4 is 0 Å². The molecule has 11 heavy (non-hydrogen) atoms. The number of ether oxygens (including phenoxy) is 1. The van der Waals surface area contributed by atoms with E-state index in [1.807, 2.05) is 0 Å². The van der Waals surface area contributed by atoms with E-state index in [-0.39, 0.29) is 5.60 Å². The fraction of sp³-hybridized carbons (Fsp3) is 1.00. The molecule has 2 bridgehead atoms. The topological polar surface area (TPSA) is 9.23 Å². The third-order valence-corrected chi connectivity index (χ3v) is 3.82. The van der Waals surface area contributed by atoms with Crippen LogP contribution >= 0.6 is 0 Å². The number of rotatable bonds is 0. The van der Waals surface area contributed by atoms with E-state index in [0.29, 0.717) is 5.41 Å². The molecule has 0 radical (unpaired) electrons. The Kier molecular flexibility index (Phi) is 1.39. The van der Waals surface area contributed by atoms with E-state index in [1.165, 1.54) is 19.3 Å². The molecule has 1 saturated carbocycles. The molecule has 0 aromatic rings. The Hall–Kier alpha value is -0.0400. The van der Waals surface area contributed by atoms with Gasteiger partial charge in [0.2, 0.25) is 0 Å². The van der Waals surface area contributed by atoms with Gasteiger partial charge in [0, 0.05) is 0 Å². The van der Waals surface area contributed by atoms with Crippen LogP contribution in [0.15, 0.2) is 0 Å². The van der Waals surface area contributed by atoms with E-state index in [4.69, 9.17) is 4.74 Å². The zero-order valence-electron chi connectivity index (χ0n) is 7.81. The van der Waals surface area contributed by atoms with Gasteiger partial charge >= 0.3 is 0 Å². The van der Waals surface area contributed by atoms with E-state index in [1.54, 1.807) is 0 Å². The smallest absolute Gasteiger partial charge is 0.0680 e. The van der Waals surface area contributed by atoms with Crippen molar-refractivity contribution in [3.63, 3.8) is 0 Å². The van der Waals surface area contributed by atoms with Gasteiger partial charge in [0.25, 0.3) is 0 Å². The minimum absolute atomic E-state index is 0.220. The van der Waals surface area contributed by atoms with E-state index >= 15 is 0 Å². The van der Waals surface area contributed by atoms with Gasteiger partial charge in [-0.1, -0.05) is 13.8 Å². The molecule has 1 nitrogen and oxygen atoms in total. The predicted octanol–water partition coefficient (Wildman–Crippen LogP) is 2.60. The standard InChI is InChI=1S/C10H18O/c1-8-6-9(2)4-5-10(8,3)11-7-9/h8H,4-7H2,1-3H3/t8?,9-,10+/m0/s1. The summed E-state index contributed by atoms with van der Waals surface area (Å²) < 4.78 is 5.88. The monoisotopic (exact) mass is 154 g/mol. The lowest BCUT2D eigenvalue weighted by molar-refractivity contribution is -0.198. The minimum Gasteiger partial charge on any atom is -0.374 e. The molecule has 0 aromatic carbocycles. The quantitative estimate of drug-likeness (QED) is 0.521. The van der Waals surface area contributed by atoms with Gasteiger partial charge in [-0.05, 0) is 37.5 Å². The molecule has 0 amide bonds. The van der Waals surface area contributed by atoms with Crippen LogP contribution in [0.3, 0.4) is 0 Å². The van der Waals surface area contributed by atoms with Crippen molar-refractivity contribution in [3.8, 4) is 0 Å². The average Bonchev–Trinajstić information content (AvgIpc) is 1.94. The van der Waals surface area contributed by atoms with Crippen molar-refractivity contribution in [2.75, 3.05) is 6.61 Å². The highest BCUT2D eigenvalue weighted by Gasteiger charge is 2.48. The Morgan fingerprint density at radius 1 is 1.27 bits per heavy atom. The van der Waals surface area contributed by atoms with E-state index in [9.17, 15) is 0 Å². The fourth-order valence-corrected chi connectivity index (χ4v) is 2.54. The van der Waals surface area contributed by atoms with Gasteiger partial charge in [-0.3, -0.25) is 0 Å². The van der Waals surface area contributed by atoms with Crippen LogP contribution in [0.25, 0.3) is 0 Å². The molecule has 1 heteroatoms. The molecule has 2 heterocycles. The first kappa shape index (κ1) is 7.60. The second-order valence-electron chi connectivity index (χ2n) is 5.02. The lowest BCUT2D eigenvalue weighted by atomic mass is 9.63. The maximum Gasteiger partial charge on any atom is 0.0680 e. The first-order valence-corrected chi connectivity index (χ1v) is 4.68. The summed E-state index contributed by atoms with van der Waals surface area (Å²) in [5, 5.41) is 0. The van der Waals surface area contributed by atoms with Crippen molar-refractivity contribution in [1.29, 1.82) is 0 Å². The lowest BCUT2D eigenvalue weighted by Gasteiger charge is -2.54. The number of fused-ring (bicyclic) bond motifs is 3. The largest absolute Gasteiger partial charge is 0.374 e. The minimum atomic E-state index is 0.220. The normalized spacial score (nSPS) is 56.5. The van der Waals surface area contributed by atoms with Crippen LogP contribution in [0.5, 0.6) is 0 Å². The second kappa shape index (κ2) is 2.01. The van der Waals surface area contributed by atoms with Crippen molar-refractivity contribution in [2.45, 2.75) is 45.6 Å². The highest BCUT2D eigenvalue weighted by atomic mass is 16.5. The molecule has 64 valence electrons. The van der Waals surface area contributed by atoms with Crippen molar-refractivity contribution in [2.24, 2.45) is 11.3 Å². The third kappa shape index (κ3) is 1.01. The summed E-state index contributed by atoms with van der Waals surface area (Å²) in [6.07, 6.45) is 4.00. The van der Waals surface area contributed by atoms with E-state index in [2.05, 4.69) is 20.8 Å². The molecule has 3 rings (SSSR count). The summed E-state index contributed by atoms with van der Waals surface area (Å²) in [6, 6.07) is 0. The molecular weight excluding hydrogens is 136 g/mol. The van der Waals surface area contributed by atoms with Crippen LogP contribution in [-0.4, -0.2) is 12.2 Å². The predicted molar refractivity (Wildman–Crippen MR) is 45.5 cm³/mol. The van der Waals surface area contributed by atoms with E-state index in [0.717, 1.165) is 12.5 Å². The van der Waals surface area contributed by atoms with Crippen molar-refractivity contribution in [1.82, 2.24) is 0 Å². The molecule has 0 aromatic heterocycles. The molecular formula is C10H18O. The fourth-order valence-electron chi connectivity index (χ4n) is 2.54. The molecule has 0 spiro atoms. The van der Waals surface area contributed by atoms with Gasteiger partial charge in [0.1, 0.15) is 0 Å². The maximum absolute atomic E-state index is 5.88. The van der Waals surface area contributed by atoms with Crippen molar-refractivity contribution >= 4 is 0 Å². The van der Waals surface area contributed by atoms with Gasteiger partial charge in [-0.2, -0.15) is 0 Å². The van der Waals surface area contributed by atoms with Crippen LogP contribution in [0.4, 0.5) is 0 Å². The highest BCUT2D eigenvalue weighted by Crippen LogP contribution is 2.51. The van der Waals surface area contributed by atoms with Gasteiger partial charge in [0.05, 0.1) is 12.2 Å². The lowest BCUT2D eigenvalue weighted by Crippen LogP contribution is -2.53. The van der Waals surface area contributed by atoms with Crippen LogP contribution in [0.2, 0.25) is 0 Å². The molecule has 2 aliphatic heterocycles. The van der Waals surface area contributed by atoms with Gasteiger partial charge in [-0.25, -0.2) is 0 Å². The maximum atomic E-state index is 5.88. The Morgan fingerprint density at radius 3 is 2.36 bits per heavy atom. The van der Waals surface area contributed by atoms with Crippen LogP contribution in [0, 0.1) is 11.3 Å². The number of hydrogen-bond acceptors (Lipinski definition) is 1. The Bertz CT molecular complexity index is 166. The zero-order valence-corrected chi connectivity index (χ0v) is 7.81. The van der Waals surface area contributed by atoms with Gasteiger partial charge < -0.3 is 4.74 Å². The van der Waals surface area contributed by atoms with Crippen molar-refractivity contribution in [3.05, 3.63) is 0 Å². The van der Waals surface area contributed by atoms with Crippen LogP contribution in [0.1, 0.15) is 40.0 Å². The van der Waals surface area contributed by atoms with Crippen LogP contribution in [-0.2, 0) is 4.74 Å². The summed E-state index contributed by atoms with van der Waals surface area (Å²) >= 11 is 0. The first-order chi connectivity index (χ1) is 5.04. The Balaban J connectivity index is 2.22. The summed E-state index contributed by atoms with van der Waals surface area (Å²) in [5.41, 5.74) is 0.731. The zero-order chi connectivity index (χ0) is 8.11. The molecule has 3 fully saturated rings. The first-order valence-electron chi connectivity index (χ1n) is 4.68. The Morgan fingerprint density at radius 2 is 2.00 bits per heavy atom. The molecule has 1 aliphatic carbocycles. The third-order valence-electron chi connectivity index (χ3n) is 3.82. The molecule has 2 saturated heterocycles. The molecule has 3 aliphatic rings. The SMILES string of the molecule is CC1C[C@]2(C)CC[C@@]1(C)OC2. The van der Waals surface area contributed by atoms with Crippen molar-refractivity contribution < 1.29 is 4.74 Å². The molecule has 1 unspecified atom stereocenters. The van der Waals surface area contributed by atoms with E-state index < -0.39 is 0 Å². The summed E-state index contributed by atoms with van der Waals surface area (Å²) in [4.78, 5) is 0. The summed E-state index contributed by atoms with van der Waals surface area (Å²) in [6.45, 7) is 7.96. The molecule has 0 N–H and O–H groups in total. The summed E-state index contributed by atoms with van der Waals surface area (Å²) in [5.74, 6) is 0.759. The molecule has 3 atom stereocenters. The summed E-state index contributed by atoms with van der Waals surface area (Å²) in [7, 11) is 0. The Labute approximate surface area is 69.1 Å².